The Morgan fingerprint density at radius 1 is 1.05 bits per heavy atom. The van der Waals surface area contributed by atoms with E-state index in [9.17, 15) is 4.39 Å². The van der Waals surface area contributed by atoms with E-state index in [0.717, 1.165) is 41.0 Å². The first-order chi connectivity index (χ1) is 9.31. The van der Waals surface area contributed by atoms with Crippen LogP contribution in [0.3, 0.4) is 0 Å². The van der Waals surface area contributed by atoms with Crippen LogP contribution in [0.15, 0.2) is 36.4 Å². The van der Waals surface area contributed by atoms with Crippen molar-refractivity contribution in [2.75, 3.05) is 13.7 Å². The van der Waals surface area contributed by atoms with Crippen molar-refractivity contribution in [1.82, 2.24) is 5.32 Å². The molecule has 0 saturated heterocycles. The number of halogens is 1. The topological polar surface area (TPSA) is 21.3 Å². The summed E-state index contributed by atoms with van der Waals surface area (Å²) in [7, 11) is 1.66. The molecule has 0 saturated carbocycles. The number of benzene rings is 2. The summed E-state index contributed by atoms with van der Waals surface area (Å²) in [6, 6.07) is 11.3. The molecule has 19 heavy (non-hydrogen) atoms. The zero-order valence-electron chi connectivity index (χ0n) is 10.9. The number of ether oxygens (including phenoxy) is 1. The number of methoxy groups -OCH3 is 1. The van der Waals surface area contributed by atoms with Gasteiger partial charge in [0.2, 0.25) is 0 Å². The van der Waals surface area contributed by atoms with E-state index in [4.69, 9.17) is 4.74 Å². The molecule has 0 radical (unpaired) electrons. The lowest BCUT2D eigenvalue weighted by Crippen LogP contribution is -2.25. The van der Waals surface area contributed by atoms with Crippen LogP contribution < -0.4 is 10.1 Å². The smallest absolute Gasteiger partial charge is 0.128 e. The minimum absolute atomic E-state index is 0.124. The Balaban J connectivity index is 2.20. The van der Waals surface area contributed by atoms with E-state index in [-0.39, 0.29) is 5.82 Å². The van der Waals surface area contributed by atoms with Gasteiger partial charge in [-0.1, -0.05) is 24.3 Å². The molecule has 2 aromatic carbocycles. The molecule has 0 aliphatic carbocycles. The van der Waals surface area contributed by atoms with Crippen molar-refractivity contribution in [2.45, 2.75) is 13.0 Å². The Labute approximate surface area is 112 Å². The van der Waals surface area contributed by atoms with Crippen molar-refractivity contribution in [3.05, 3.63) is 53.3 Å². The maximum Gasteiger partial charge on any atom is 0.128 e. The minimum atomic E-state index is -0.124. The second-order valence-electron chi connectivity index (χ2n) is 4.68. The summed E-state index contributed by atoms with van der Waals surface area (Å²) in [5.74, 6) is 0.704. The third-order valence-electron chi connectivity index (χ3n) is 3.62. The number of hydrogen-bond acceptors (Lipinski definition) is 2. The Morgan fingerprint density at radius 3 is 2.74 bits per heavy atom. The molecule has 2 nitrogen and oxygen atoms in total. The highest BCUT2D eigenvalue weighted by atomic mass is 19.1. The molecule has 0 atom stereocenters. The maximum absolute atomic E-state index is 13.9. The summed E-state index contributed by atoms with van der Waals surface area (Å²) in [6.45, 7) is 1.49. The van der Waals surface area contributed by atoms with Gasteiger partial charge in [-0.05, 0) is 36.2 Å². The van der Waals surface area contributed by atoms with Gasteiger partial charge >= 0.3 is 0 Å². The normalized spacial score (nSPS) is 14.0. The lowest BCUT2D eigenvalue weighted by molar-refractivity contribution is 0.416. The zero-order valence-corrected chi connectivity index (χ0v) is 10.9. The van der Waals surface area contributed by atoms with Gasteiger partial charge in [0.15, 0.2) is 0 Å². The Morgan fingerprint density at radius 2 is 1.89 bits per heavy atom. The lowest BCUT2D eigenvalue weighted by atomic mass is 9.90. The number of nitrogens with one attached hydrogen (secondary N) is 1. The molecule has 1 N–H and O–H groups in total. The maximum atomic E-state index is 13.9. The quantitative estimate of drug-likeness (QED) is 0.892. The summed E-state index contributed by atoms with van der Waals surface area (Å²) in [6.07, 6.45) is 0.848. The molecule has 3 heteroatoms. The molecule has 1 aliphatic heterocycles. The summed E-state index contributed by atoms with van der Waals surface area (Å²) in [4.78, 5) is 0. The van der Waals surface area contributed by atoms with Crippen LogP contribution in [-0.2, 0) is 13.0 Å². The lowest BCUT2D eigenvalue weighted by Gasteiger charge is -2.22. The monoisotopic (exact) mass is 257 g/mol. The standard InChI is InChI=1S/C16H16FNO/c1-19-16-5-3-2-4-13(16)11-6-7-15(17)14-10-18-9-8-12(11)14/h2-7,18H,8-10H2,1H3. The summed E-state index contributed by atoms with van der Waals surface area (Å²) < 4.78 is 19.3. The van der Waals surface area contributed by atoms with Gasteiger partial charge < -0.3 is 10.1 Å². The van der Waals surface area contributed by atoms with Gasteiger partial charge in [-0.3, -0.25) is 0 Å². The fourth-order valence-electron chi connectivity index (χ4n) is 2.69. The summed E-state index contributed by atoms with van der Waals surface area (Å²) in [5, 5.41) is 3.22. The fourth-order valence-corrected chi connectivity index (χ4v) is 2.69. The Kier molecular flexibility index (Phi) is 3.22. The first kappa shape index (κ1) is 12.2. The van der Waals surface area contributed by atoms with Crippen molar-refractivity contribution in [3.8, 4) is 16.9 Å². The Hall–Kier alpha value is -1.87. The molecule has 0 amide bonds. The van der Waals surface area contributed by atoms with E-state index in [1.807, 2.05) is 30.3 Å². The average molecular weight is 257 g/mol. The zero-order chi connectivity index (χ0) is 13.2. The fraction of sp³-hybridized carbons (Fsp3) is 0.250. The third kappa shape index (κ3) is 2.10. The largest absolute Gasteiger partial charge is 0.496 e. The molecule has 1 heterocycles. The van der Waals surface area contributed by atoms with Gasteiger partial charge in [-0.25, -0.2) is 4.39 Å². The van der Waals surface area contributed by atoms with Gasteiger partial charge in [-0.2, -0.15) is 0 Å². The van der Waals surface area contributed by atoms with Crippen LogP contribution in [0.2, 0.25) is 0 Å². The van der Waals surface area contributed by atoms with E-state index < -0.39 is 0 Å². The molecular weight excluding hydrogens is 241 g/mol. The SMILES string of the molecule is COc1ccccc1-c1ccc(F)c2c1CCNC2. The van der Waals surface area contributed by atoms with Crippen LogP contribution >= 0.6 is 0 Å². The van der Waals surface area contributed by atoms with E-state index >= 15 is 0 Å². The van der Waals surface area contributed by atoms with Gasteiger partial charge in [0.25, 0.3) is 0 Å². The molecule has 0 bridgehead atoms. The Bertz CT molecular complexity index is 610. The van der Waals surface area contributed by atoms with Crippen LogP contribution in [0.1, 0.15) is 11.1 Å². The highest BCUT2D eigenvalue weighted by Gasteiger charge is 2.19. The predicted octanol–water partition coefficient (Wildman–Crippen LogP) is 3.15. The van der Waals surface area contributed by atoms with Crippen LogP contribution in [-0.4, -0.2) is 13.7 Å². The van der Waals surface area contributed by atoms with Crippen LogP contribution in [0.5, 0.6) is 5.75 Å². The molecule has 0 fully saturated rings. The molecule has 3 rings (SSSR count). The van der Waals surface area contributed by atoms with E-state index in [1.54, 1.807) is 13.2 Å². The second kappa shape index (κ2) is 5.02. The predicted molar refractivity (Wildman–Crippen MR) is 73.8 cm³/mol. The number of rotatable bonds is 2. The molecule has 1 aliphatic rings. The highest BCUT2D eigenvalue weighted by molar-refractivity contribution is 5.74. The summed E-state index contributed by atoms with van der Waals surface area (Å²) >= 11 is 0. The number of hydrogen-bond donors (Lipinski definition) is 1. The molecule has 2 aromatic rings. The van der Waals surface area contributed by atoms with Crippen molar-refractivity contribution in [3.63, 3.8) is 0 Å². The molecule has 0 spiro atoms. The minimum Gasteiger partial charge on any atom is -0.496 e. The van der Waals surface area contributed by atoms with E-state index in [0.29, 0.717) is 6.54 Å². The molecule has 0 unspecified atom stereocenters. The van der Waals surface area contributed by atoms with Gasteiger partial charge in [0.1, 0.15) is 11.6 Å². The highest BCUT2D eigenvalue weighted by Crippen LogP contribution is 2.35. The second-order valence-corrected chi connectivity index (χ2v) is 4.68. The number of fused-ring (bicyclic) bond motifs is 1. The van der Waals surface area contributed by atoms with Gasteiger partial charge in [-0.15, -0.1) is 0 Å². The van der Waals surface area contributed by atoms with Gasteiger partial charge in [0, 0.05) is 17.7 Å². The molecular formula is C16H16FNO. The van der Waals surface area contributed by atoms with E-state index in [1.165, 1.54) is 0 Å². The number of para-hydroxylation sites is 1. The van der Waals surface area contributed by atoms with Crippen LogP contribution in [0.4, 0.5) is 4.39 Å². The molecule has 0 aromatic heterocycles. The van der Waals surface area contributed by atoms with E-state index in [2.05, 4.69) is 5.32 Å². The van der Waals surface area contributed by atoms with Crippen LogP contribution in [0, 0.1) is 5.82 Å². The van der Waals surface area contributed by atoms with Crippen molar-refractivity contribution in [2.24, 2.45) is 0 Å². The third-order valence-corrected chi connectivity index (χ3v) is 3.62. The van der Waals surface area contributed by atoms with Gasteiger partial charge in [0.05, 0.1) is 7.11 Å². The van der Waals surface area contributed by atoms with Crippen molar-refractivity contribution in [1.29, 1.82) is 0 Å². The van der Waals surface area contributed by atoms with Crippen LogP contribution in [0.25, 0.3) is 11.1 Å². The van der Waals surface area contributed by atoms with Crippen molar-refractivity contribution < 1.29 is 9.13 Å². The van der Waals surface area contributed by atoms with Crippen molar-refractivity contribution >= 4 is 0 Å². The summed E-state index contributed by atoms with van der Waals surface area (Å²) in [5.41, 5.74) is 4.00. The average Bonchev–Trinajstić information content (AvgIpc) is 2.48. The molecule has 98 valence electrons. The first-order valence-electron chi connectivity index (χ1n) is 6.45. The first-order valence-corrected chi connectivity index (χ1v) is 6.45.